The van der Waals surface area contributed by atoms with Gasteiger partial charge in [-0.25, -0.2) is 4.79 Å². The third-order valence-corrected chi connectivity index (χ3v) is 5.35. The summed E-state index contributed by atoms with van der Waals surface area (Å²) in [5.74, 6) is 0. The first kappa shape index (κ1) is 17.0. The molecule has 4 heteroatoms. The fourth-order valence-electron chi connectivity index (χ4n) is 3.15. The second-order valence-corrected chi connectivity index (χ2v) is 7.51. The number of rotatable bonds is 3. The molecule has 1 saturated heterocycles. The average molecular weight is 388 g/mol. The molecule has 1 heterocycles. The molecule has 0 aromatic heterocycles. The summed E-state index contributed by atoms with van der Waals surface area (Å²) in [6.07, 6.45) is 1.68. The molecule has 0 unspecified atom stereocenters. The lowest BCUT2D eigenvalue weighted by molar-refractivity contribution is 0.0793. The van der Waals surface area contributed by atoms with Crippen LogP contribution in [0.25, 0.3) is 0 Å². The quantitative estimate of drug-likeness (QED) is 0.729. The summed E-state index contributed by atoms with van der Waals surface area (Å²) >= 11 is 3.55. The Morgan fingerprint density at radius 2 is 1.83 bits per heavy atom. The van der Waals surface area contributed by atoms with E-state index in [-0.39, 0.29) is 11.5 Å². The maximum atomic E-state index is 12.3. The van der Waals surface area contributed by atoms with E-state index in [9.17, 15) is 4.79 Å². The second kappa shape index (κ2) is 7.39. The second-order valence-electron chi connectivity index (χ2n) is 6.60. The first-order chi connectivity index (χ1) is 11.6. The van der Waals surface area contributed by atoms with E-state index < -0.39 is 0 Å². The molecule has 0 bridgehead atoms. The Hall–Kier alpha value is -1.81. The maximum Gasteiger partial charge on any atom is 0.410 e. The van der Waals surface area contributed by atoms with Gasteiger partial charge in [0.15, 0.2) is 0 Å². The third-order valence-electron chi connectivity index (χ3n) is 4.85. The Kier molecular flexibility index (Phi) is 5.24. The number of likely N-dealkylation sites (tertiary alicyclic amines) is 1. The van der Waals surface area contributed by atoms with Gasteiger partial charge in [-0.15, -0.1) is 0 Å². The maximum absolute atomic E-state index is 12.3. The van der Waals surface area contributed by atoms with E-state index in [1.807, 2.05) is 41.3 Å². The Labute approximate surface area is 151 Å². The zero-order valence-corrected chi connectivity index (χ0v) is 15.5. The predicted octanol–water partition coefficient (Wildman–Crippen LogP) is 5.14. The molecule has 0 N–H and O–H groups in total. The minimum atomic E-state index is -0.213. The van der Waals surface area contributed by atoms with Crippen LogP contribution in [0, 0.1) is 0 Å². The van der Waals surface area contributed by atoms with E-state index in [0.717, 1.165) is 36.0 Å². The molecule has 0 radical (unpaired) electrons. The standard InChI is InChI=1S/C20H22BrNO2/c1-20(17-8-5-9-18(21)14-17)10-12-22(13-11-20)19(23)24-15-16-6-3-2-4-7-16/h2-9,14H,10-13,15H2,1H3. The Morgan fingerprint density at radius 3 is 2.50 bits per heavy atom. The number of piperidine rings is 1. The Bertz CT molecular complexity index is 694. The van der Waals surface area contributed by atoms with Gasteiger partial charge < -0.3 is 9.64 Å². The van der Waals surface area contributed by atoms with Gasteiger partial charge in [0.1, 0.15) is 6.61 Å². The zero-order valence-electron chi connectivity index (χ0n) is 13.9. The first-order valence-corrected chi connectivity index (χ1v) is 9.08. The van der Waals surface area contributed by atoms with Gasteiger partial charge in [0.2, 0.25) is 0 Å². The summed E-state index contributed by atoms with van der Waals surface area (Å²) in [6.45, 7) is 4.08. The van der Waals surface area contributed by atoms with E-state index in [4.69, 9.17) is 4.74 Å². The van der Waals surface area contributed by atoms with Gasteiger partial charge in [-0.1, -0.05) is 65.3 Å². The first-order valence-electron chi connectivity index (χ1n) is 8.28. The number of hydrogen-bond donors (Lipinski definition) is 0. The van der Waals surface area contributed by atoms with Crippen molar-refractivity contribution < 1.29 is 9.53 Å². The molecule has 1 aliphatic rings. The van der Waals surface area contributed by atoms with Crippen LogP contribution in [0.4, 0.5) is 4.79 Å². The lowest BCUT2D eigenvalue weighted by Crippen LogP contribution is -2.44. The molecule has 1 fully saturated rings. The molecule has 0 saturated carbocycles. The van der Waals surface area contributed by atoms with Gasteiger partial charge in [0, 0.05) is 17.6 Å². The van der Waals surface area contributed by atoms with Crippen molar-refractivity contribution in [1.82, 2.24) is 4.90 Å². The normalized spacial score (nSPS) is 16.7. The third kappa shape index (κ3) is 3.99. The van der Waals surface area contributed by atoms with Crippen molar-refractivity contribution in [3.63, 3.8) is 0 Å². The summed E-state index contributed by atoms with van der Waals surface area (Å²) in [5.41, 5.74) is 2.45. The molecule has 1 amide bonds. The van der Waals surface area contributed by atoms with Gasteiger partial charge >= 0.3 is 6.09 Å². The van der Waals surface area contributed by atoms with Gasteiger partial charge in [0.25, 0.3) is 0 Å². The molecule has 0 aliphatic carbocycles. The van der Waals surface area contributed by atoms with Crippen LogP contribution in [0.3, 0.4) is 0 Å². The Balaban J connectivity index is 1.55. The summed E-state index contributed by atoms with van der Waals surface area (Å²) in [5, 5.41) is 0. The van der Waals surface area contributed by atoms with Crippen molar-refractivity contribution in [2.75, 3.05) is 13.1 Å². The van der Waals surface area contributed by atoms with Gasteiger partial charge in [-0.2, -0.15) is 0 Å². The zero-order chi connectivity index (χ0) is 17.0. The molecule has 1 aliphatic heterocycles. The van der Waals surface area contributed by atoms with E-state index in [1.165, 1.54) is 5.56 Å². The van der Waals surface area contributed by atoms with Crippen LogP contribution < -0.4 is 0 Å². The lowest BCUT2D eigenvalue weighted by Gasteiger charge is -2.39. The van der Waals surface area contributed by atoms with Crippen LogP contribution in [-0.2, 0) is 16.8 Å². The molecule has 126 valence electrons. The fourth-order valence-corrected chi connectivity index (χ4v) is 3.55. The fraction of sp³-hybridized carbons (Fsp3) is 0.350. The van der Waals surface area contributed by atoms with E-state index in [0.29, 0.717) is 6.61 Å². The minimum Gasteiger partial charge on any atom is -0.445 e. The molecule has 3 nitrogen and oxygen atoms in total. The van der Waals surface area contributed by atoms with Crippen LogP contribution in [0.1, 0.15) is 30.9 Å². The highest BCUT2D eigenvalue weighted by molar-refractivity contribution is 9.10. The van der Waals surface area contributed by atoms with Crippen LogP contribution in [0.15, 0.2) is 59.1 Å². The highest BCUT2D eigenvalue weighted by atomic mass is 79.9. The largest absolute Gasteiger partial charge is 0.445 e. The summed E-state index contributed by atoms with van der Waals surface area (Å²) in [6, 6.07) is 18.3. The monoisotopic (exact) mass is 387 g/mol. The molecular weight excluding hydrogens is 366 g/mol. The van der Waals surface area contributed by atoms with Crippen LogP contribution >= 0.6 is 15.9 Å². The van der Waals surface area contributed by atoms with Gasteiger partial charge in [-0.3, -0.25) is 0 Å². The molecule has 0 spiro atoms. The summed E-state index contributed by atoms with van der Waals surface area (Å²) < 4.78 is 6.54. The van der Waals surface area contributed by atoms with Crippen molar-refractivity contribution >= 4 is 22.0 Å². The van der Waals surface area contributed by atoms with Crippen molar-refractivity contribution in [2.45, 2.75) is 31.8 Å². The minimum absolute atomic E-state index is 0.111. The number of carbonyl (C=O) groups excluding carboxylic acids is 1. The average Bonchev–Trinajstić information content (AvgIpc) is 2.61. The number of hydrogen-bond acceptors (Lipinski definition) is 2. The van der Waals surface area contributed by atoms with E-state index >= 15 is 0 Å². The van der Waals surface area contributed by atoms with Crippen LogP contribution in [0.2, 0.25) is 0 Å². The lowest BCUT2D eigenvalue weighted by atomic mass is 9.75. The van der Waals surface area contributed by atoms with Crippen molar-refractivity contribution in [2.24, 2.45) is 0 Å². The molecule has 24 heavy (non-hydrogen) atoms. The molecule has 2 aromatic carbocycles. The molecule has 3 rings (SSSR count). The molecular formula is C20H22BrNO2. The van der Waals surface area contributed by atoms with Crippen LogP contribution in [-0.4, -0.2) is 24.1 Å². The number of ether oxygens (including phenoxy) is 1. The van der Waals surface area contributed by atoms with Crippen LogP contribution in [0.5, 0.6) is 0 Å². The van der Waals surface area contributed by atoms with Crippen molar-refractivity contribution in [3.05, 3.63) is 70.2 Å². The highest BCUT2D eigenvalue weighted by Gasteiger charge is 2.33. The van der Waals surface area contributed by atoms with E-state index in [1.54, 1.807) is 0 Å². The number of amides is 1. The number of carbonyl (C=O) groups is 1. The number of halogens is 1. The van der Waals surface area contributed by atoms with E-state index in [2.05, 4.69) is 41.1 Å². The molecule has 2 aromatic rings. The summed E-state index contributed by atoms with van der Waals surface area (Å²) in [7, 11) is 0. The predicted molar refractivity (Wildman–Crippen MR) is 98.9 cm³/mol. The van der Waals surface area contributed by atoms with Crippen molar-refractivity contribution in [1.29, 1.82) is 0 Å². The van der Waals surface area contributed by atoms with Crippen molar-refractivity contribution in [3.8, 4) is 0 Å². The topological polar surface area (TPSA) is 29.5 Å². The number of nitrogens with zero attached hydrogens (tertiary/aromatic N) is 1. The smallest absolute Gasteiger partial charge is 0.410 e. The number of benzene rings is 2. The highest BCUT2D eigenvalue weighted by Crippen LogP contribution is 2.36. The molecule has 0 atom stereocenters. The SMILES string of the molecule is CC1(c2cccc(Br)c2)CCN(C(=O)OCc2ccccc2)CC1. The summed E-state index contributed by atoms with van der Waals surface area (Å²) in [4.78, 5) is 14.1. The Morgan fingerprint density at radius 1 is 1.12 bits per heavy atom. The van der Waals surface area contributed by atoms with Gasteiger partial charge in [-0.05, 0) is 41.5 Å². The van der Waals surface area contributed by atoms with Gasteiger partial charge in [0.05, 0.1) is 0 Å².